The van der Waals surface area contributed by atoms with E-state index in [0.29, 0.717) is 12.4 Å². The standard InChI is InChI=1S/C11H12N2O2/c12-10(11-4-2-6-14-11)8-15-9-3-1-5-13-7-9/h1-7,10H,8,12H2. The normalized spacial score (nSPS) is 12.3. The fourth-order valence-electron chi connectivity index (χ4n) is 1.20. The smallest absolute Gasteiger partial charge is 0.137 e. The molecule has 0 spiro atoms. The number of ether oxygens (including phenoxy) is 1. The van der Waals surface area contributed by atoms with Gasteiger partial charge in [0.15, 0.2) is 0 Å². The van der Waals surface area contributed by atoms with Gasteiger partial charge in [-0.2, -0.15) is 0 Å². The van der Waals surface area contributed by atoms with E-state index >= 15 is 0 Å². The Morgan fingerprint density at radius 1 is 1.40 bits per heavy atom. The van der Waals surface area contributed by atoms with E-state index in [-0.39, 0.29) is 6.04 Å². The summed E-state index contributed by atoms with van der Waals surface area (Å²) in [4.78, 5) is 3.94. The minimum absolute atomic E-state index is 0.250. The van der Waals surface area contributed by atoms with Gasteiger partial charge in [0.2, 0.25) is 0 Å². The van der Waals surface area contributed by atoms with E-state index < -0.39 is 0 Å². The first-order valence-corrected chi connectivity index (χ1v) is 4.68. The Bertz CT molecular complexity index is 386. The SMILES string of the molecule is NC(COc1cccnc1)c1ccco1. The van der Waals surface area contributed by atoms with Crippen molar-refractivity contribution in [3.8, 4) is 5.75 Å². The molecule has 0 amide bonds. The van der Waals surface area contributed by atoms with Crippen LogP contribution in [0.2, 0.25) is 0 Å². The van der Waals surface area contributed by atoms with Crippen molar-refractivity contribution < 1.29 is 9.15 Å². The molecule has 2 aromatic heterocycles. The van der Waals surface area contributed by atoms with Gasteiger partial charge in [-0.25, -0.2) is 0 Å². The van der Waals surface area contributed by atoms with Gasteiger partial charge >= 0.3 is 0 Å². The summed E-state index contributed by atoms with van der Waals surface area (Å²) in [5.41, 5.74) is 5.85. The van der Waals surface area contributed by atoms with Crippen LogP contribution in [0.15, 0.2) is 47.3 Å². The number of hydrogen-bond acceptors (Lipinski definition) is 4. The van der Waals surface area contributed by atoms with E-state index in [9.17, 15) is 0 Å². The van der Waals surface area contributed by atoms with E-state index in [4.69, 9.17) is 14.9 Å². The first-order valence-electron chi connectivity index (χ1n) is 4.68. The third-order valence-corrected chi connectivity index (χ3v) is 1.97. The van der Waals surface area contributed by atoms with Gasteiger partial charge in [-0.1, -0.05) is 0 Å². The topological polar surface area (TPSA) is 61.3 Å². The van der Waals surface area contributed by atoms with E-state index in [0.717, 1.165) is 5.76 Å². The Kier molecular flexibility index (Phi) is 2.99. The molecule has 0 fully saturated rings. The van der Waals surface area contributed by atoms with Crippen LogP contribution in [0.1, 0.15) is 11.8 Å². The molecule has 0 aromatic carbocycles. The van der Waals surface area contributed by atoms with Crippen LogP contribution in [-0.4, -0.2) is 11.6 Å². The molecule has 0 radical (unpaired) electrons. The minimum atomic E-state index is -0.250. The Morgan fingerprint density at radius 3 is 3.00 bits per heavy atom. The molecule has 15 heavy (non-hydrogen) atoms. The molecule has 0 bridgehead atoms. The maximum absolute atomic E-state index is 5.85. The summed E-state index contributed by atoms with van der Waals surface area (Å²) in [5.74, 6) is 1.43. The quantitative estimate of drug-likeness (QED) is 0.824. The first kappa shape index (κ1) is 9.73. The van der Waals surface area contributed by atoms with Gasteiger partial charge in [0, 0.05) is 6.20 Å². The lowest BCUT2D eigenvalue weighted by Crippen LogP contribution is -2.18. The van der Waals surface area contributed by atoms with Gasteiger partial charge in [0.1, 0.15) is 18.1 Å². The molecule has 0 saturated heterocycles. The molecule has 4 nitrogen and oxygen atoms in total. The maximum atomic E-state index is 5.85. The largest absolute Gasteiger partial charge is 0.490 e. The summed E-state index contributed by atoms with van der Waals surface area (Å²) in [6.45, 7) is 0.374. The summed E-state index contributed by atoms with van der Waals surface area (Å²) >= 11 is 0. The minimum Gasteiger partial charge on any atom is -0.490 e. The van der Waals surface area contributed by atoms with Crippen molar-refractivity contribution in [1.82, 2.24) is 4.98 Å². The van der Waals surface area contributed by atoms with Gasteiger partial charge in [0.25, 0.3) is 0 Å². The average molecular weight is 204 g/mol. The second-order valence-corrected chi connectivity index (χ2v) is 3.12. The van der Waals surface area contributed by atoms with E-state index in [1.54, 1.807) is 24.7 Å². The molecule has 4 heteroatoms. The van der Waals surface area contributed by atoms with Crippen LogP contribution in [0.3, 0.4) is 0 Å². The summed E-state index contributed by atoms with van der Waals surface area (Å²) in [5, 5.41) is 0. The van der Waals surface area contributed by atoms with Crippen molar-refractivity contribution in [2.45, 2.75) is 6.04 Å². The van der Waals surface area contributed by atoms with Gasteiger partial charge in [-0.3, -0.25) is 4.98 Å². The molecule has 2 heterocycles. The number of hydrogen-bond donors (Lipinski definition) is 1. The molecular weight excluding hydrogens is 192 g/mol. The van der Waals surface area contributed by atoms with Crippen molar-refractivity contribution >= 4 is 0 Å². The Labute approximate surface area is 87.7 Å². The van der Waals surface area contributed by atoms with Crippen LogP contribution in [-0.2, 0) is 0 Å². The zero-order valence-electron chi connectivity index (χ0n) is 8.17. The highest BCUT2D eigenvalue weighted by molar-refractivity contribution is 5.15. The lowest BCUT2D eigenvalue weighted by Gasteiger charge is -2.10. The van der Waals surface area contributed by atoms with Crippen LogP contribution >= 0.6 is 0 Å². The fourth-order valence-corrected chi connectivity index (χ4v) is 1.20. The summed E-state index contributed by atoms with van der Waals surface area (Å²) in [7, 11) is 0. The van der Waals surface area contributed by atoms with Crippen molar-refractivity contribution in [2.24, 2.45) is 5.73 Å². The predicted octanol–water partition coefficient (Wildman–Crippen LogP) is 1.75. The van der Waals surface area contributed by atoms with Gasteiger partial charge in [-0.15, -0.1) is 0 Å². The number of nitrogens with zero attached hydrogens (tertiary/aromatic N) is 1. The van der Waals surface area contributed by atoms with Crippen LogP contribution in [0.5, 0.6) is 5.75 Å². The average Bonchev–Trinajstić information content (AvgIpc) is 2.81. The Balaban J connectivity index is 1.89. The van der Waals surface area contributed by atoms with Crippen molar-refractivity contribution in [2.75, 3.05) is 6.61 Å². The number of aromatic nitrogens is 1. The zero-order valence-corrected chi connectivity index (χ0v) is 8.17. The second kappa shape index (κ2) is 4.61. The zero-order chi connectivity index (χ0) is 10.5. The van der Waals surface area contributed by atoms with Gasteiger partial charge < -0.3 is 14.9 Å². The monoisotopic (exact) mass is 204 g/mol. The van der Waals surface area contributed by atoms with Crippen molar-refractivity contribution in [1.29, 1.82) is 0 Å². The van der Waals surface area contributed by atoms with Gasteiger partial charge in [0.05, 0.1) is 18.5 Å². The Hall–Kier alpha value is -1.81. The number of furan rings is 1. The lowest BCUT2D eigenvalue weighted by atomic mass is 10.2. The number of nitrogens with two attached hydrogens (primary N) is 1. The molecule has 0 saturated carbocycles. The third-order valence-electron chi connectivity index (χ3n) is 1.97. The van der Waals surface area contributed by atoms with Crippen LogP contribution in [0.4, 0.5) is 0 Å². The summed E-state index contributed by atoms with van der Waals surface area (Å²) < 4.78 is 10.6. The van der Waals surface area contributed by atoms with Crippen LogP contribution in [0.25, 0.3) is 0 Å². The fraction of sp³-hybridized carbons (Fsp3) is 0.182. The molecule has 1 atom stereocenters. The highest BCUT2D eigenvalue weighted by Crippen LogP contribution is 2.13. The molecule has 2 rings (SSSR count). The first-order chi connectivity index (χ1) is 7.36. The molecule has 78 valence electrons. The highest BCUT2D eigenvalue weighted by Gasteiger charge is 2.09. The van der Waals surface area contributed by atoms with Crippen molar-refractivity contribution in [3.05, 3.63) is 48.7 Å². The van der Waals surface area contributed by atoms with E-state index in [2.05, 4.69) is 4.98 Å². The molecule has 1 unspecified atom stereocenters. The van der Waals surface area contributed by atoms with Crippen LogP contribution < -0.4 is 10.5 Å². The third kappa shape index (κ3) is 2.57. The van der Waals surface area contributed by atoms with E-state index in [1.165, 1.54) is 0 Å². The van der Waals surface area contributed by atoms with Crippen LogP contribution in [0, 0.1) is 0 Å². The predicted molar refractivity (Wildman–Crippen MR) is 55.4 cm³/mol. The molecule has 0 aliphatic heterocycles. The van der Waals surface area contributed by atoms with Crippen molar-refractivity contribution in [3.63, 3.8) is 0 Å². The number of rotatable bonds is 4. The molecule has 2 aromatic rings. The molecule has 0 aliphatic rings. The molecular formula is C11H12N2O2. The summed E-state index contributed by atoms with van der Waals surface area (Å²) in [6, 6.07) is 7.03. The number of pyridine rings is 1. The molecule has 0 aliphatic carbocycles. The summed E-state index contributed by atoms with van der Waals surface area (Å²) in [6.07, 6.45) is 4.94. The Morgan fingerprint density at radius 2 is 2.33 bits per heavy atom. The van der Waals surface area contributed by atoms with Gasteiger partial charge in [-0.05, 0) is 24.3 Å². The maximum Gasteiger partial charge on any atom is 0.137 e. The highest BCUT2D eigenvalue weighted by atomic mass is 16.5. The molecule has 2 N–H and O–H groups in total. The lowest BCUT2D eigenvalue weighted by molar-refractivity contribution is 0.272. The second-order valence-electron chi connectivity index (χ2n) is 3.12. The van der Waals surface area contributed by atoms with E-state index in [1.807, 2.05) is 18.2 Å².